The lowest BCUT2D eigenvalue weighted by molar-refractivity contribution is -0.346. The number of rotatable bonds is 10. The molecule has 4 aliphatic carbocycles. The lowest BCUT2D eigenvalue weighted by Gasteiger charge is -2.67. The van der Waals surface area contributed by atoms with Crippen LogP contribution in [-0.2, 0) is 47.5 Å². The summed E-state index contributed by atoms with van der Waals surface area (Å²) in [5, 5.41) is 40.9. The van der Waals surface area contributed by atoms with E-state index in [0.717, 1.165) is 32.6 Å². The number of hydrogen-bond acceptors (Lipinski definition) is 16. The molecule has 4 N–H and O–H groups in total. The third-order valence-corrected chi connectivity index (χ3v) is 14.7. The van der Waals surface area contributed by atoms with Crippen LogP contribution in [0.3, 0.4) is 0 Å². The van der Waals surface area contributed by atoms with E-state index in [2.05, 4.69) is 5.32 Å². The fraction of sp³-hybridized carbons (Fsp3) is 0.577. The van der Waals surface area contributed by atoms with Crippen LogP contribution in [0.4, 0.5) is 9.59 Å². The number of allylic oxidation sites excluding steroid dienone is 1. The molecule has 3 fully saturated rings. The molecule has 2 bridgehead atoms. The van der Waals surface area contributed by atoms with Gasteiger partial charge in [0.15, 0.2) is 11.4 Å². The summed E-state index contributed by atoms with van der Waals surface area (Å²) in [6.45, 7) is 11.7. The highest BCUT2D eigenvalue weighted by Gasteiger charge is 2.78. The number of ether oxygens (including phenoxy) is 7. The normalized spacial score (nSPS) is 33.0. The Hall–Kier alpha value is -5.62. The van der Waals surface area contributed by atoms with Gasteiger partial charge in [-0.25, -0.2) is 19.2 Å². The van der Waals surface area contributed by atoms with Crippen molar-refractivity contribution in [2.24, 2.45) is 16.7 Å². The maximum atomic E-state index is 15.2. The second-order valence-corrected chi connectivity index (χ2v) is 20.6. The summed E-state index contributed by atoms with van der Waals surface area (Å²) in [6.07, 6.45) is -6.20. The van der Waals surface area contributed by atoms with Crippen molar-refractivity contribution in [1.29, 1.82) is 0 Å². The number of nitrogens with one attached hydrogen (secondary N) is 1. The van der Waals surface area contributed by atoms with E-state index in [1.165, 1.54) is 26.0 Å². The molecule has 374 valence electrons. The van der Waals surface area contributed by atoms with Crippen LogP contribution < -0.4 is 5.32 Å². The number of aliphatic hydroxyl groups excluding tert-OH is 2. The number of Topliss-reactive ketones (excluding diaryl/α,β-unsaturated/α-hetero) is 1. The fourth-order valence-corrected chi connectivity index (χ4v) is 11.1. The van der Waals surface area contributed by atoms with Crippen LogP contribution in [0, 0.1) is 16.7 Å². The number of ketones is 1. The van der Waals surface area contributed by atoms with Gasteiger partial charge in [-0.15, -0.1) is 0 Å². The number of fused-ring (bicyclic) bond motifs is 5. The fourth-order valence-electron chi connectivity index (χ4n) is 11.1. The van der Waals surface area contributed by atoms with Crippen LogP contribution in [0.1, 0.15) is 122 Å². The molecular formula is C52H65NO16. The Balaban J connectivity index is 1.36. The van der Waals surface area contributed by atoms with Crippen molar-refractivity contribution >= 4 is 35.9 Å². The summed E-state index contributed by atoms with van der Waals surface area (Å²) in [5.41, 5.74) is -8.57. The molecule has 3 unspecified atom stereocenters. The summed E-state index contributed by atoms with van der Waals surface area (Å²) >= 11 is 0. The lowest BCUT2D eigenvalue weighted by atomic mass is 9.44. The minimum absolute atomic E-state index is 0.0604. The molecular weight excluding hydrogens is 895 g/mol. The smallest absolute Gasteiger partial charge is 0.455 e. The van der Waals surface area contributed by atoms with E-state index in [0.29, 0.717) is 12.0 Å². The van der Waals surface area contributed by atoms with Crippen LogP contribution in [0.5, 0.6) is 0 Å². The van der Waals surface area contributed by atoms with Crippen LogP contribution >= 0.6 is 0 Å². The minimum atomic E-state index is -2.43. The van der Waals surface area contributed by atoms with E-state index >= 15 is 9.59 Å². The number of carbonyl (C=O) groups is 6. The van der Waals surface area contributed by atoms with E-state index in [1.807, 2.05) is 6.08 Å². The maximum Gasteiger partial charge on any atom is 0.509 e. The Morgan fingerprint density at radius 1 is 0.899 bits per heavy atom. The van der Waals surface area contributed by atoms with E-state index < -0.39 is 125 Å². The second-order valence-electron chi connectivity index (χ2n) is 20.6. The molecule has 17 heteroatoms. The van der Waals surface area contributed by atoms with Crippen LogP contribution in [0.15, 0.2) is 84.0 Å². The largest absolute Gasteiger partial charge is 0.509 e. The predicted molar refractivity (Wildman–Crippen MR) is 245 cm³/mol. The van der Waals surface area contributed by atoms with Gasteiger partial charge in [-0.3, -0.25) is 9.59 Å². The quantitative estimate of drug-likeness (QED) is 0.116. The summed E-state index contributed by atoms with van der Waals surface area (Å²) in [7, 11) is 0. The highest BCUT2D eigenvalue weighted by molar-refractivity contribution is 5.94. The van der Waals surface area contributed by atoms with Crippen molar-refractivity contribution in [1.82, 2.24) is 5.32 Å². The average Bonchev–Trinajstić information content (AvgIpc) is 3.26. The number of esters is 3. The third-order valence-electron chi connectivity index (χ3n) is 14.7. The van der Waals surface area contributed by atoms with E-state index in [9.17, 15) is 34.5 Å². The lowest BCUT2D eigenvalue weighted by Crippen LogP contribution is -2.81. The molecule has 0 aromatic heterocycles. The van der Waals surface area contributed by atoms with E-state index in [-0.39, 0.29) is 29.7 Å². The molecule has 5 aliphatic rings. The first-order valence-corrected chi connectivity index (χ1v) is 23.6. The van der Waals surface area contributed by atoms with Gasteiger partial charge in [0.2, 0.25) is 6.10 Å². The predicted octanol–water partition coefficient (Wildman–Crippen LogP) is 6.31. The Kier molecular flexibility index (Phi) is 14.6. The van der Waals surface area contributed by atoms with Crippen LogP contribution in [0.2, 0.25) is 0 Å². The molecule has 1 heterocycles. The second kappa shape index (κ2) is 19.6. The Morgan fingerprint density at radius 2 is 1.57 bits per heavy atom. The molecule has 1 aliphatic heterocycles. The van der Waals surface area contributed by atoms with Gasteiger partial charge in [0.25, 0.3) is 0 Å². The zero-order valence-electron chi connectivity index (χ0n) is 40.4. The van der Waals surface area contributed by atoms with Crippen molar-refractivity contribution in [2.75, 3.05) is 6.61 Å². The highest BCUT2D eigenvalue weighted by Crippen LogP contribution is 2.64. The number of carbonyl (C=O) groups excluding carboxylic acids is 6. The number of aliphatic hydroxyl groups is 3. The molecule has 0 spiro atoms. The molecule has 2 aromatic carbocycles. The van der Waals surface area contributed by atoms with E-state index in [1.54, 1.807) is 89.2 Å². The molecule has 17 nitrogen and oxygen atoms in total. The standard InChI is InChI=1S/C52H65NO16/c1-29-34(65-45(59)40(66-47(61)64-33-24-18-10-9-11-19-25-33)38(31-20-14-12-15-21-31)53-46(60)69-48(3,4)5)27-52(62)43(67-44(58)32-22-16-13-17-23-32)41-50(8,42(57)39(56)37(29)49(52,6)7)35(55)26-36-51(41,28-63-36)68-30(2)54/h12-18,20-24,33-36,38-41,43,55-56,62H,9-11,19,25-28H2,1-8H3,(H,53,60)/b24-18+/t33?,34-,35-,36+,38-,39+,40+,41?,43?,50+,51-,52+/m0/s1. The van der Waals surface area contributed by atoms with Crippen LogP contribution in [0.25, 0.3) is 0 Å². The van der Waals surface area contributed by atoms with Gasteiger partial charge in [-0.05, 0) is 95.2 Å². The van der Waals surface area contributed by atoms with Crippen molar-refractivity contribution in [3.63, 3.8) is 0 Å². The number of hydrogen-bond donors (Lipinski definition) is 4. The van der Waals surface area contributed by atoms with Gasteiger partial charge in [-0.1, -0.05) is 74.9 Å². The van der Waals surface area contributed by atoms with Gasteiger partial charge in [0.05, 0.1) is 29.6 Å². The van der Waals surface area contributed by atoms with Crippen molar-refractivity contribution < 1.29 is 77.2 Å². The first-order valence-electron chi connectivity index (χ1n) is 23.6. The molecule has 7 rings (SSSR count). The minimum Gasteiger partial charge on any atom is -0.455 e. The average molecular weight is 960 g/mol. The van der Waals surface area contributed by atoms with Gasteiger partial charge in [0, 0.05) is 25.2 Å². The first kappa shape index (κ1) is 51.2. The zero-order chi connectivity index (χ0) is 50.3. The monoisotopic (exact) mass is 959 g/mol. The zero-order valence-corrected chi connectivity index (χ0v) is 40.4. The number of benzene rings is 2. The summed E-state index contributed by atoms with van der Waals surface area (Å²) in [4.78, 5) is 85.1. The highest BCUT2D eigenvalue weighted by atomic mass is 16.7. The summed E-state index contributed by atoms with van der Waals surface area (Å²) in [6, 6.07) is 14.5. The van der Waals surface area contributed by atoms with Crippen LogP contribution in [-0.4, -0.2) is 117 Å². The molecule has 69 heavy (non-hydrogen) atoms. The molecule has 1 amide bonds. The molecule has 12 atom stereocenters. The molecule has 2 saturated carbocycles. The van der Waals surface area contributed by atoms with Gasteiger partial charge in [0.1, 0.15) is 47.8 Å². The number of alkyl carbamates (subject to hydrolysis) is 1. The third kappa shape index (κ3) is 9.79. The molecule has 1 saturated heterocycles. The molecule has 2 aromatic rings. The molecule has 0 radical (unpaired) electrons. The number of amides is 1. The van der Waals surface area contributed by atoms with Crippen molar-refractivity contribution in [3.05, 3.63) is 95.1 Å². The summed E-state index contributed by atoms with van der Waals surface area (Å²) in [5.74, 6) is -5.48. The summed E-state index contributed by atoms with van der Waals surface area (Å²) < 4.78 is 41.9. The van der Waals surface area contributed by atoms with Crippen molar-refractivity contribution in [2.45, 2.75) is 166 Å². The van der Waals surface area contributed by atoms with E-state index in [4.69, 9.17) is 33.2 Å². The van der Waals surface area contributed by atoms with Gasteiger partial charge < -0.3 is 53.8 Å². The van der Waals surface area contributed by atoms with Crippen molar-refractivity contribution in [3.8, 4) is 0 Å². The maximum absolute atomic E-state index is 15.2. The topological polar surface area (TPSA) is 240 Å². The Labute approximate surface area is 401 Å². The van der Waals surface area contributed by atoms with Gasteiger partial charge >= 0.3 is 30.2 Å². The first-order chi connectivity index (χ1) is 32.4. The SMILES string of the molecule is CC(=O)O[C@@]12CO[C@@H]1C[C@H](O)[C@@]1(C)C(=O)[C@H](O)C3=C(C)[C@@H](OC(=O)[C@H](OC(=O)OC4/C=C/CCCCC4)[C@@H](NC(=O)OC(C)(C)C)c4ccccc4)C[C@@](O)(C(OC(=O)c4ccccc4)C12)C3(C)C. The Morgan fingerprint density at radius 3 is 2.19 bits per heavy atom. The Bertz CT molecular complexity index is 2340. The van der Waals surface area contributed by atoms with Gasteiger partial charge in [-0.2, -0.15) is 0 Å².